The Balaban J connectivity index is 1.78. The smallest absolute Gasteiger partial charge is 0.263 e. The third kappa shape index (κ3) is 6.09. The third-order valence-electron chi connectivity index (χ3n) is 4.47. The highest BCUT2D eigenvalue weighted by Gasteiger charge is 2.25. The van der Waals surface area contributed by atoms with Gasteiger partial charge in [0.25, 0.3) is 15.9 Å². The Hall–Kier alpha value is -2.89. The number of sulfonamides is 2. The van der Waals surface area contributed by atoms with Crippen molar-refractivity contribution in [3.63, 3.8) is 0 Å². The van der Waals surface area contributed by atoms with Gasteiger partial charge in [-0.15, -0.1) is 11.3 Å². The van der Waals surface area contributed by atoms with Crippen LogP contribution in [0.3, 0.4) is 0 Å². The second kappa shape index (κ2) is 9.31. The van der Waals surface area contributed by atoms with E-state index in [0.29, 0.717) is 16.9 Å². The minimum atomic E-state index is -3.96. The Morgan fingerprint density at radius 2 is 1.62 bits per heavy atom. The van der Waals surface area contributed by atoms with Crippen LogP contribution in [0.4, 0.5) is 11.4 Å². The number of rotatable bonds is 8. The van der Waals surface area contributed by atoms with Crippen LogP contribution in [0.5, 0.6) is 0 Å². The number of nitrogens with one attached hydrogen (secondary N) is 3. The molecule has 170 valence electrons. The van der Waals surface area contributed by atoms with E-state index in [1.165, 1.54) is 6.07 Å². The molecule has 0 fully saturated rings. The highest BCUT2D eigenvalue weighted by molar-refractivity contribution is 7.93. The summed E-state index contributed by atoms with van der Waals surface area (Å²) in [5.74, 6) is -0.543. The molecule has 8 nitrogen and oxygen atoms in total. The van der Waals surface area contributed by atoms with E-state index in [2.05, 4.69) is 14.8 Å². The van der Waals surface area contributed by atoms with Gasteiger partial charge in [0.05, 0.1) is 12.3 Å². The molecule has 0 spiro atoms. The molecule has 3 N–H and O–H groups in total. The largest absolute Gasteiger partial charge is 0.345 e. The molecular weight excluding hydrogens is 470 g/mol. The second-order valence-electron chi connectivity index (χ2n) is 7.28. The van der Waals surface area contributed by atoms with Crippen LogP contribution < -0.4 is 14.8 Å². The predicted octanol–water partition coefficient (Wildman–Crippen LogP) is 3.72. The zero-order chi connectivity index (χ0) is 23.5. The molecule has 1 atom stereocenters. The summed E-state index contributed by atoms with van der Waals surface area (Å²) in [6, 6.07) is 14.4. The van der Waals surface area contributed by atoms with Gasteiger partial charge in [-0.05, 0) is 55.1 Å². The monoisotopic (exact) mass is 493 g/mol. The highest BCUT2D eigenvalue weighted by atomic mass is 32.2. The molecule has 32 heavy (non-hydrogen) atoms. The van der Waals surface area contributed by atoms with Gasteiger partial charge in [0.1, 0.15) is 9.77 Å². The summed E-state index contributed by atoms with van der Waals surface area (Å²) in [7, 11) is -7.40. The third-order valence-corrected chi connectivity index (χ3v) is 7.54. The van der Waals surface area contributed by atoms with Crippen molar-refractivity contribution in [3.8, 4) is 0 Å². The van der Waals surface area contributed by atoms with Crippen molar-refractivity contribution in [3.05, 3.63) is 76.0 Å². The van der Waals surface area contributed by atoms with E-state index in [1.807, 2.05) is 6.92 Å². The van der Waals surface area contributed by atoms with Crippen molar-refractivity contribution < 1.29 is 21.6 Å². The molecule has 0 aliphatic heterocycles. The van der Waals surface area contributed by atoms with E-state index < -0.39 is 32.0 Å². The molecule has 0 bridgehead atoms. The molecule has 0 aliphatic rings. The molecule has 1 heterocycles. The van der Waals surface area contributed by atoms with Crippen molar-refractivity contribution in [2.45, 2.75) is 24.8 Å². The fourth-order valence-electron chi connectivity index (χ4n) is 2.94. The van der Waals surface area contributed by atoms with Crippen molar-refractivity contribution in [2.75, 3.05) is 15.7 Å². The van der Waals surface area contributed by atoms with E-state index in [4.69, 9.17) is 0 Å². The molecule has 3 aromatic rings. The van der Waals surface area contributed by atoms with Crippen molar-refractivity contribution in [1.29, 1.82) is 0 Å². The summed E-state index contributed by atoms with van der Waals surface area (Å²) in [5.41, 5.74) is 2.42. The number of thiophene rings is 1. The number of carbonyl (C=O) groups is 1. The second-order valence-corrected chi connectivity index (χ2v) is 11.6. The number of benzene rings is 2. The Bertz CT molecular complexity index is 1330. The van der Waals surface area contributed by atoms with Crippen molar-refractivity contribution in [2.24, 2.45) is 0 Å². The zero-order valence-corrected chi connectivity index (χ0v) is 20.1. The van der Waals surface area contributed by atoms with Gasteiger partial charge in [-0.3, -0.25) is 14.2 Å². The van der Waals surface area contributed by atoms with Crippen LogP contribution in [0.2, 0.25) is 0 Å². The van der Waals surface area contributed by atoms with E-state index in [-0.39, 0.29) is 9.77 Å². The van der Waals surface area contributed by atoms with E-state index in [1.54, 1.807) is 60.8 Å². The first-order chi connectivity index (χ1) is 14.9. The number of hydrogen-bond acceptors (Lipinski definition) is 6. The predicted molar refractivity (Wildman–Crippen MR) is 127 cm³/mol. The van der Waals surface area contributed by atoms with Gasteiger partial charge >= 0.3 is 0 Å². The fraction of sp³-hybridized carbons (Fsp3) is 0.190. The lowest BCUT2D eigenvalue weighted by molar-refractivity contribution is 0.0941. The molecule has 0 saturated carbocycles. The van der Waals surface area contributed by atoms with Crippen LogP contribution in [0.15, 0.2) is 64.9 Å². The van der Waals surface area contributed by atoms with Gasteiger partial charge in [0.2, 0.25) is 10.0 Å². The Labute approximate surface area is 191 Å². The number of carbonyl (C=O) groups excluding carboxylic acids is 1. The number of hydrogen-bond donors (Lipinski definition) is 3. The van der Waals surface area contributed by atoms with Crippen molar-refractivity contribution >= 4 is 48.7 Å². The average Bonchev–Trinajstić information content (AvgIpc) is 3.20. The molecule has 0 aliphatic carbocycles. The van der Waals surface area contributed by atoms with Crippen molar-refractivity contribution in [1.82, 2.24) is 5.32 Å². The van der Waals surface area contributed by atoms with Gasteiger partial charge < -0.3 is 5.32 Å². The zero-order valence-electron chi connectivity index (χ0n) is 17.6. The minimum Gasteiger partial charge on any atom is -0.345 e. The van der Waals surface area contributed by atoms with Gasteiger partial charge in [-0.1, -0.05) is 29.8 Å². The molecule has 2 aromatic carbocycles. The first kappa shape index (κ1) is 23.8. The lowest BCUT2D eigenvalue weighted by Crippen LogP contribution is -2.28. The minimum absolute atomic E-state index is 0.0573. The maximum Gasteiger partial charge on any atom is 0.263 e. The summed E-state index contributed by atoms with van der Waals surface area (Å²) in [5, 5.41) is 4.32. The van der Waals surface area contributed by atoms with Crippen LogP contribution >= 0.6 is 11.3 Å². The maximum absolute atomic E-state index is 12.9. The highest BCUT2D eigenvalue weighted by Crippen LogP contribution is 2.26. The normalized spacial score (nSPS) is 12.7. The summed E-state index contributed by atoms with van der Waals surface area (Å²) in [4.78, 5) is 12.8. The molecule has 11 heteroatoms. The van der Waals surface area contributed by atoms with Gasteiger partial charge in [-0.2, -0.15) is 0 Å². The van der Waals surface area contributed by atoms with Crippen LogP contribution in [-0.2, 0) is 20.0 Å². The number of aryl methyl sites for hydroxylation is 1. The molecule has 0 radical (unpaired) electrons. The molecule has 1 aromatic heterocycles. The Morgan fingerprint density at radius 3 is 2.28 bits per heavy atom. The SMILES string of the molecule is Cc1ccc(NS(=O)(=O)c2ccsc2C(=O)NC(C)c2cccc(NS(C)(=O)=O)c2)cc1. The van der Waals surface area contributed by atoms with Crippen LogP contribution in [0, 0.1) is 6.92 Å². The lowest BCUT2D eigenvalue weighted by Gasteiger charge is -2.16. The van der Waals surface area contributed by atoms with Gasteiger partial charge in [0, 0.05) is 11.4 Å². The summed E-state index contributed by atoms with van der Waals surface area (Å²) >= 11 is 1.02. The number of anilines is 2. The van der Waals surface area contributed by atoms with Gasteiger partial charge in [0.15, 0.2) is 0 Å². The molecule has 3 rings (SSSR count). The van der Waals surface area contributed by atoms with Crippen LogP contribution in [-0.4, -0.2) is 29.0 Å². The standard InChI is InChI=1S/C21H23N3O5S3/c1-14-7-9-17(10-8-14)24-32(28,29)19-11-12-30-20(19)21(25)22-15(2)16-5-4-6-18(13-16)23-31(3,26)27/h4-13,15,23-24H,1-3H3,(H,22,25). The molecule has 0 saturated heterocycles. The first-order valence-electron chi connectivity index (χ1n) is 9.50. The quantitative estimate of drug-likeness (QED) is 0.442. The van der Waals surface area contributed by atoms with Crippen LogP contribution in [0.25, 0.3) is 0 Å². The van der Waals surface area contributed by atoms with Gasteiger partial charge in [-0.25, -0.2) is 16.8 Å². The van der Waals surface area contributed by atoms with E-state index in [9.17, 15) is 21.6 Å². The molecular formula is C21H23N3O5S3. The molecule has 1 amide bonds. The summed E-state index contributed by atoms with van der Waals surface area (Å²) in [6.45, 7) is 3.62. The summed E-state index contributed by atoms with van der Waals surface area (Å²) < 4.78 is 53.5. The fourth-order valence-corrected chi connectivity index (χ4v) is 5.88. The summed E-state index contributed by atoms with van der Waals surface area (Å²) in [6.07, 6.45) is 1.05. The first-order valence-corrected chi connectivity index (χ1v) is 13.8. The van der Waals surface area contributed by atoms with E-state index in [0.717, 1.165) is 23.2 Å². The maximum atomic E-state index is 12.9. The topological polar surface area (TPSA) is 121 Å². The Kier molecular flexibility index (Phi) is 6.91. The average molecular weight is 494 g/mol. The molecule has 1 unspecified atom stereocenters. The number of amides is 1. The lowest BCUT2D eigenvalue weighted by atomic mass is 10.1. The van der Waals surface area contributed by atoms with Crippen LogP contribution in [0.1, 0.15) is 33.8 Å². The van der Waals surface area contributed by atoms with E-state index >= 15 is 0 Å². The Morgan fingerprint density at radius 1 is 0.938 bits per heavy atom.